The molecule has 6 heteroatoms. The van der Waals surface area contributed by atoms with Crippen LogP contribution in [0.5, 0.6) is 0 Å². The zero-order valence-electron chi connectivity index (χ0n) is 9.15. The number of nitrogen functional groups attached to an aromatic ring is 1. The molecule has 0 aliphatic carbocycles. The molecule has 0 saturated heterocycles. The van der Waals surface area contributed by atoms with Crippen molar-refractivity contribution in [2.24, 2.45) is 0 Å². The van der Waals surface area contributed by atoms with E-state index in [4.69, 9.17) is 17.3 Å². The van der Waals surface area contributed by atoms with Crippen LogP contribution in [0.1, 0.15) is 10.4 Å². The number of hydrogen-bond acceptors (Lipinski definition) is 3. The summed E-state index contributed by atoms with van der Waals surface area (Å²) in [6, 6.07) is 8.88. The van der Waals surface area contributed by atoms with Gasteiger partial charge in [0.15, 0.2) is 0 Å². The van der Waals surface area contributed by atoms with Crippen LogP contribution in [-0.2, 0) is 0 Å². The van der Waals surface area contributed by atoms with Crippen molar-refractivity contribution in [1.82, 2.24) is 4.98 Å². The highest BCUT2D eigenvalue weighted by atomic mass is 127. The first-order valence-corrected chi connectivity index (χ1v) is 6.50. The van der Waals surface area contributed by atoms with Gasteiger partial charge in [-0.05, 0) is 52.9 Å². The van der Waals surface area contributed by atoms with E-state index in [9.17, 15) is 4.79 Å². The van der Waals surface area contributed by atoms with Crippen molar-refractivity contribution < 1.29 is 4.79 Å². The number of anilines is 2. The van der Waals surface area contributed by atoms with Gasteiger partial charge >= 0.3 is 0 Å². The number of aromatic nitrogens is 1. The molecule has 2 rings (SSSR count). The molecular weight excluding hydrogens is 365 g/mol. The average molecular weight is 374 g/mol. The fourth-order valence-corrected chi connectivity index (χ4v) is 1.89. The number of nitrogens with two attached hydrogens (primary N) is 1. The predicted molar refractivity (Wildman–Crippen MR) is 80.8 cm³/mol. The quantitative estimate of drug-likeness (QED) is 0.627. The lowest BCUT2D eigenvalue weighted by Gasteiger charge is -2.07. The van der Waals surface area contributed by atoms with Crippen LogP contribution >= 0.6 is 34.2 Å². The lowest BCUT2D eigenvalue weighted by atomic mass is 10.2. The minimum absolute atomic E-state index is 0.233. The monoisotopic (exact) mass is 373 g/mol. The predicted octanol–water partition coefficient (Wildman–Crippen LogP) is 3.17. The molecule has 0 saturated carbocycles. The number of carbonyl (C=O) groups excluding carboxylic acids is 1. The Morgan fingerprint density at radius 2 is 2.00 bits per heavy atom. The molecule has 4 nitrogen and oxygen atoms in total. The summed E-state index contributed by atoms with van der Waals surface area (Å²) in [4.78, 5) is 15.8. The molecule has 3 N–H and O–H groups in total. The van der Waals surface area contributed by atoms with Crippen LogP contribution in [0.25, 0.3) is 0 Å². The van der Waals surface area contributed by atoms with Gasteiger partial charge in [0, 0.05) is 9.26 Å². The smallest absolute Gasteiger partial charge is 0.257 e. The van der Waals surface area contributed by atoms with Crippen molar-refractivity contribution in [2.75, 3.05) is 11.1 Å². The molecule has 0 fully saturated rings. The van der Waals surface area contributed by atoms with Gasteiger partial charge in [0.1, 0.15) is 5.15 Å². The van der Waals surface area contributed by atoms with Crippen LogP contribution in [0, 0.1) is 3.57 Å². The molecule has 0 unspecified atom stereocenters. The largest absolute Gasteiger partial charge is 0.397 e. The van der Waals surface area contributed by atoms with Crippen LogP contribution in [-0.4, -0.2) is 10.9 Å². The van der Waals surface area contributed by atoms with E-state index in [1.165, 1.54) is 12.3 Å². The molecule has 1 heterocycles. The molecule has 1 aromatic heterocycles. The summed E-state index contributed by atoms with van der Waals surface area (Å²) < 4.78 is 1.09. The van der Waals surface area contributed by atoms with E-state index in [0.717, 1.165) is 3.57 Å². The van der Waals surface area contributed by atoms with Gasteiger partial charge in [-0.2, -0.15) is 0 Å². The Hall–Kier alpha value is -1.34. The normalized spacial score (nSPS) is 10.1. The van der Waals surface area contributed by atoms with E-state index in [0.29, 0.717) is 16.9 Å². The van der Waals surface area contributed by atoms with Crippen molar-refractivity contribution in [3.8, 4) is 0 Å². The fraction of sp³-hybridized carbons (Fsp3) is 0. The fourth-order valence-electron chi connectivity index (χ4n) is 1.37. The third-order valence-corrected chi connectivity index (χ3v) is 3.17. The summed E-state index contributed by atoms with van der Waals surface area (Å²) in [5.74, 6) is -0.307. The number of benzene rings is 1. The van der Waals surface area contributed by atoms with Crippen molar-refractivity contribution in [3.63, 3.8) is 0 Å². The summed E-state index contributed by atoms with van der Waals surface area (Å²) in [6.45, 7) is 0. The lowest BCUT2D eigenvalue weighted by Crippen LogP contribution is -2.14. The second-order valence-electron chi connectivity index (χ2n) is 3.56. The Labute approximate surface area is 123 Å². The number of hydrogen-bond donors (Lipinski definition) is 2. The van der Waals surface area contributed by atoms with Gasteiger partial charge in [0.2, 0.25) is 0 Å². The van der Waals surface area contributed by atoms with E-state index >= 15 is 0 Å². The highest BCUT2D eigenvalue weighted by Crippen LogP contribution is 2.17. The highest BCUT2D eigenvalue weighted by Gasteiger charge is 2.11. The number of nitrogens with zero attached hydrogens (tertiary/aromatic N) is 1. The second-order valence-corrected chi connectivity index (χ2v) is 5.19. The molecule has 18 heavy (non-hydrogen) atoms. The van der Waals surface area contributed by atoms with Gasteiger partial charge in [-0.15, -0.1) is 0 Å². The van der Waals surface area contributed by atoms with Crippen LogP contribution < -0.4 is 11.1 Å². The van der Waals surface area contributed by atoms with Gasteiger partial charge in [-0.25, -0.2) is 4.98 Å². The number of amides is 1. The Balaban J connectivity index is 2.21. The Bertz CT molecular complexity index is 586. The Morgan fingerprint density at radius 3 is 2.67 bits per heavy atom. The number of halogens is 2. The maximum Gasteiger partial charge on any atom is 0.257 e. The summed E-state index contributed by atoms with van der Waals surface area (Å²) >= 11 is 7.93. The van der Waals surface area contributed by atoms with Crippen LogP contribution in [0.2, 0.25) is 5.15 Å². The van der Waals surface area contributed by atoms with Crippen molar-refractivity contribution in [1.29, 1.82) is 0 Å². The summed E-state index contributed by atoms with van der Waals surface area (Å²) in [5, 5.41) is 2.98. The van der Waals surface area contributed by atoms with Gasteiger partial charge < -0.3 is 11.1 Å². The molecule has 92 valence electrons. The zero-order chi connectivity index (χ0) is 13.1. The molecule has 0 aliphatic heterocycles. The summed E-state index contributed by atoms with van der Waals surface area (Å²) in [7, 11) is 0. The molecular formula is C12H9ClIN3O. The van der Waals surface area contributed by atoms with E-state index in [-0.39, 0.29) is 11.1 Å². The molecule has 1 amide bonds. The van der Waals surface area contributed by atoms with E-state index in [1.807, 2.05) is 24.3 Å². The average Bonchev–Trinajstić information content (AvgIpc) is 2.35. The maximum absolute atomic E-state index is 12.0. The van der Waals surface area contributed by atoms with Crippen molar-refractivity contribution in [3.05, 3.63) is 50.8 Å². The SMILES string of the molecule is Nc1cnc(Cl)cc1C(=O)Nc1ccc(I)cc1. The minimum Gasteiger partial charge on any atom is -0.397 e. The van der Waals surface area contributed by atoms with E-state index in [2.05, 4.69) is 32.9 Å². The first kappa shape index (κ1) is 13.1. The molecule has 0 atom stereocenters. The topological polar surface area (TPSA) is 68.0 Å². The molecule has 0 radical (unpaired) electrons. The van der Waals surface area contributed by atoms with Gasteiger partial charge in [0.25, 0.3) is 5.91 Å². The van der Waals surface area contributed by atoms with Crippen molar-refractivity contribution in [2.45, 2.75) is 0 Å². The summed E-state index contributed by atoms with van der Waals surface area (Å²) in [6.07, 6.45) is 1.37. The number of pyridine rings is 1. The zero-order valence-corrected chi connectivity index (χ0v) is 12.1. The third kappa shape index (κ3) is 3.11. The third-order valence-electron chi connectivity index (χ3n) is 2.25. The summed E-state index contributed by atoms with van der Waals surface area (Å²) in [5.41, 5.74) is 6.99. The number of rotatable bonds is 2. The first-order valence-electron chi connectivity index (χ1n) is 5.04. The first-order chi connectivity index (χ1) is 8.56. The van der Waals surface area contributed by atoms with Gasteiger partial charge in [0.05, 0.1) is 17.4 Å². The molecule has 0 aliphatic rings. The van der Waals surface area contributed by atoms with Crippen LogP contribution in [0.4, 0.5) is 11.4 Å². The van der Waals surface area contributed by atoms with Gasteiger partial charge in [-0.1, -0.05) is 11.6 Å². The minimum atomic E-state index is -0.307. The molecule has 2 aromatic rings. The number of nitrogens with one attached hydrogen (secondary N) is 1. The maximum atomic E-state index is 12.0. The van der Waals surface area contributed by atoms with Crippen LogP contribution in [0.3, 0.4) is 0 Å². The van der Waals surface area contributed by atoms with Gasteiger partial charge in [-0.3, -0.25) is 4.79 Å². The van der Waals surface area contributed by atoms with E-state index in [1.54, 1.807) is 0 Å². The molecule has 1 aromatic carbocycles. The Morgan fingerprint density at radius 1 is 1.33 bits per heavy atom. The van der Waals surface area contributed by atoms with E-state index < -0.39 is 0 Å². The lowest BCUT2D eigenvalue weighted by molar-refractivity contribution is 0.102. The Kier molecular flexibility index (Phi) is 4.03. The molecule has 0 spiro atoms. The highest BCUT2D eigenvalue weighted by molar-refractivity contribution is 14.1. The standard InChI is InChI=1S/C12H9ClIN3O/c13-11-5-9(10(15)6-16-11)12(18)17-8-3-1-7(14)2-4-8/h1-6H,15H2,(H,17,18). The van der Waals surface area contributed by atoms with Crippen LogP contribution in [0.15, 0.2) is 36.5 Å². The number of carbonyl (C=O) groups is 1. The second kappa shape index (κ2) is 5.53. The molecule has 0 bridgehead atoms. The van der Waals surface area contributed by atoms with Crippen molar-refractivity contribution >= 4 is 51.5 Å².